The number of halogens is 1. The van der Waals surface area contributed by atoms with Gasteiger partial charge in [0.15, 0.2) is 0 Å². The molecule has 0 aliphatic heterocycles. The van der Waals surface area contributed by atoms with Crippen molar-refractivity contribution in [3.8, 4) is 5.75 Å². The third-order valence-corrected chi connectivity index (χ3v) is 3.59. The quantitative estimate of drug-likeness (QED) is 0.875. The molecule has 0 fully saturated rings. The van der Waals surface area contributed by atoms with Gasteiger partial charge in [-0.15, -0.1) is 0 Å². The van der Waals surface area contributed by atoms with Crippen LogP contribution in [0, 0.1) is 0 Å². The van der Waals surface area contributed by atoms with Gasteiger partial charge in [-0.25, -0.2) is 0 Å². The van der Waals surface area contributed by atoms with Crippen LogP contribution in [0.25, 0.3) is 0 Å². The molecule has 2 aromatic carbocycles. The van der Waals surface area contributed by atoms with Gasteiger partial charge in [-0.2, -0.15) is 0 Å². The first-order valence-electron chi connectivity index (χ1n) is 6.43. The van der Waals surface area contributed by atoms with Crippen LogP contribution in [0.3, 0.4) is 0 Å². The molecule has 0 aliphatic carbocycles. The van der Waals surface area contributed by atoms with E-state index in [1.165, 1.54) is 0 Å². The van der Waals surface area contributed by atoms with Gasteiger partial charge in [0.25, 0.3) is 0 Å². The summed E-state index contributed by atoms with van der Waals surface area (Å²) < 4.78 is 12.3. The fourth-order valence-corrected chi connectivity index (χ4v) is 2.26. The molecule has 4 heteroatoms. The Labute approximate surface area is 127 Å². The number of methoxy groups -OCH3 is 1. The van der Waals surface area contributed by atoms with Crippen LogP contribution >= 0.6 is 15.9 Å². The van der Waals surface area contributed by atoms with E-state index < -0.39 is 0 Å². The van der Waals surface area contributed by atoms with E-state index in [0.717, 1.165) is 21.3 Å². The van der Waals surface area contributed by atoms with Gasteiger partial charge in [0.1, 0.15) is 5.75 Å². The highest BCUT2D eigenvalue weighted by molar-refractivity contribution is 9.10. The molecule has 106 valence electrons. The lowest BCUT2D eigenvalue weighted by Gasteiger charge is -2.19. The lowest BCUT2D eigenvalue weighted by molar-refractivity contribution is 0.0440. The van der Waals surface area contributed by atoms with Gasteiger partial charge in [-0.1, -0.05) is 46.3 Å². The highest BCUT2D eigenvalue weighted by Gasteiger charge is 2.14. The third-order valence-electron chi connectivity index (χ3n) is 3.06. The molecule has 0 spiro atoms. The molecule has 2 aromatic rings. The first-order chi connectivity index (χ1) is 9.74. The van der Waals surface area contributed by atoms with Crippen molar-refractivity contribution in [1.29, 1.82) is 0 Å². The summed E-state index contributed by atoms with van der Waals surface area (Å²) in [5.74, 6) is 0.804. The zero-order valence-corrected chi connectivity index (χ0v) is 13.0. The van der Waals surface area contributed by atoms with E-state index in [4.69, 9.17) is 15.2 Å². The summed E-state index contributed by atoms with van der Waals surface area (Å²) in [4.78, 5) is 0. The Morgan fingerprint density at radius 3 is 2.45 bits per heavy atom. The molecule has 0 heterocycles. The molecule has 0 radical (unpaired) electrons. The third kappa shape index (κ3) is 3.82. The van der Waals surface area contributed by atoms with Crippen molar-refractivity contribution in [1.82, 2.24) is 0 Å². The van der Waals surface area contributed by atoms with Gasteiger partial charge in [0.2, 0.25) is 0 Å². The second-order valence-electron chi connectivity index (χ2n) is 4.40. The van der Waals surface area contributed by atoms with Crippen LogP contribution in [0.2, 0.25) is 0 Å². The number of ether oxygens (including phenoxy) is 2. The molecule has 0 bridgehead atoms. The normalized spacial score (nSPS) is 12.2. The monoisotopic (exact) mass is 335 g/mol. The minimum Gasteiger partial charge on any atom is -0.496 e. The van der Waals surface area contributed by atoms with Crippen LogP contribution in [0.1, 0.15) is 17.2 Å². The predicted octanol–water partition coefficient (Wildman–Crippen LogP) is 3.67. The second-order valence-corrected chi connectivity index (χ2v) is 5.32. The molecule has 0 aromatic heterocycles. The standard InChI is InChI=1S/C16H18BrNO2/c1-19-15-5-3-2-4-14(15)16(10-18)20-11-12-6-8-13(17)9-7-12/h2-9,16H,10-11,18H2,1H3. The van der Waals surface area contributed by atoms with Crippen LogP contribution in [0.15, 0.2) is 53.0 Å². The molecule has 2 N–H and O–H groups in total. The highest BCUT2D eigenvalue weighted by atomic mass is 79.9. The Morgan fingerprint density at radius 1 is 1.10 bits per heavy atom. The zero-order valence-electron chi connectivity index (χ0n) is 11.4. The van der Waals surface area contributed by atoms with Crippen molar-refractivity contribution in [3.05, 3.63) is 64.1 Å². The summed E-state index contributed by atoms with van der Waals surface area (Å²) in [6.45, 7) is 0.935. The van der Waals surface area contributed by atoms with Crippen molar-refractivity contribution in [2.24, 2.45) is 5.73 Å². The van der Waals surface area contributed by atoms with Gasteiger partial charge in [-0.05, 0) is 23.8 Å². The van der Waals surface area contributed by atoms with Gasteiger partial charge in [0, 0.05) is 16.6 Å². The minimum absolute atomic E-state index is 0.171. The Morgan fingerprint density at radius 2 is 1.80 bits per heavy atom. The topological polar surface area (TPSA) is 44.5 Å². The number of benzene rings is 2. The molecule has 0 aliphatic rings. The molecule has 1 atom stereocenters. The van der Waals surface area contributed by atoms with E-state index in [1.54, 1.807) is 7.11 Å². The summed E-state index contributed by atoms with van der Waals surface area (Å²) in [7, 11) is 1.65. The van der Waals surface area contributed by atoms with E-state index in [0.29, 0.717) is 13.2 Å². The van der Waals surface area contributed by atoms with Crippen LogP contribution in [0.4, 0.5) is 0 Å². The van der Waals surface area contributed by atoms with Gasteiger partial charge < -0.3 is 15.2 Å². The van der Waals surface area contributed by atoms with E-state index in [9.17, 15) is 0 Å². The van der Waals surface area contributed by atoms with E-state index >= 15 is 0 Å². The summed E-state index contributed by atoms with van der Waals surface area (Å²) >= 11 is 3.42. The van der Waals surface area contributed by atoms with Gasteiger partial charge >= 0.3 is 0 Å². The predicted molar refractivity (Wildman–Crippen MR) is 83.7 cm³/mol. The Bertz CT molecular complexity index is 542. The molecular weight excluding hydrogens is 318 g/mol. The zero-order chi connectivity index (χ0) is 14.4. The smallest absolute Gasteiger partial charge is 0.124 e. The minimum atomic E-state index is -0.171. The van der Waals surface area contributed by atoms with Crippen LogP contribution in [-0.2, 0) is 11.3 Å². The largest absolute Gasteiger partial charge is 0.496 e. The van der Waals surface area contributed by atoms with Gasteiger partial charge in [-0.3, -0.25) is 0 Å². The number of para-hydroxylation sites is 1. The Hall–Kier alpha value is -1.36. The molecule has 1 unspecified atom stereocenters. The average molecular weight is 336 g/mol. The lowest BCUT2D eigenvalue weighted by atomic mass is 10.1. The van der Waals surface area contributed by atoms with Crippen molar-refractivity contribution in [3.63, 3.8) is 0 Å². The second kappa shape index (κ2) is 7.43. The van der Waals surface area contributed by atoms with Crippen LogP contribution in [-0.4, -0.2) is 13.7 Å². The summed E-state index contributed by atoms with van der Waals surface area (Å²) in [5, 5.41) is 0. The average Bonchev–Trinajstić information content (AvgIpc) is 2.50. The summed E-state index contributed by atoms with van der Waals surface area (Å²) in [5.41, 5.74) is 7.92. The molecule has 0 saturated carbocycles. The van der Waals surface area contributed by atoms with E-state index in [-0.39, 0.29) is 6.10 Å². The molecular formula is C16H18BrNO2. The molecule has 2 rings (SSSR count). The van der Waals surface area contributed by atoms with Crippen molar-refractivity contribution < 1.29 is 9.47 Å². The molecule has 3 nitrogen and oxygen atoms in total. The Balaban J connectivity index is 2.07. The van der Waals surface area contributed by atoms with Crippen LogP contribution < -0.4 is 10.5 Å². The SMILES string of the molecule is COc1ccccc1C(CN)OCc1ccc(Br)cc1. The van der Waals surface area contributed by atoms with E-state index in [1.807, 2.05) is 48.5 Å². The fourth-order valence-electron chi connectivity index (χ4n) is 1.99. The first-order valence-corrected chi connectivity index (χ1v) is 7.23. The maximum atomic E-state index is 5.93. The van der Waals surface area contributed by atoms with Crippen molar-refractivity contribution in [2.75, 3.05) is 13.7 Å². The van der Waals surface area contributed by atoms with Crippen molar-refractivity contribution in [2.45, 2.75) is 12.7 Å². The van der Waals surface area contributed by atoms with Gasteiger partial charge in [0.05, 0.1) is 19.8 Å². The van der Waals surface area contributed by atoms with E-state index in [2.05, 4.69) is 15.9 Å². The number of nitrogens with two attached hydrogens (primary N) is 1. The van der Waals surface area contributed by atoms with Crippen LogP contribution in [0.5, 0.6) is 5.75 Å². The lowest BCUT2D eigenvalue weighted by Crippen LogP contribution is -2.16. The molecule has 0 saturated heterocycles. The Kier molecular flexibility index (Phi) is 5.59. The summed E-state index contributed by atoms with van der Waals surface area (Å²) in [6, 6.07) is 15.9. The fraction of sp³-hybridized carbons (Fsp3) is 0.250. The first kappa shape index (κ1) is 15.0. The molecule has 20 heavy (non-hydrogen) atoms. The number of hydrogen-bond acceptors (Lipinski definition) is 3. The number of hydrogen-bond donors (Lipinski definition) is 1. The summed E-state index contributed by atoms with van der Waals surface area (Å²) in [6.07, 6.45) is -0.171. The van der Waals surface area contributed by atoms with Crippen molar-refractivity contribution >= 4 is 15.9 Å². The highest BCUT2D eigenvalue weighted by Crippen LogP contribution is 2.27. The maximum Gasteiger partial charge on any atom is 0.124 e. The maximum absolute atomic E-state index is 5.93. The number of rotatable bonds is 6. The molecule has 0 amide bonds.